The van der Waals surface area contributed by atoms with E-state index in [9.17, 15) is 9.59 Å². The third kappa shape index (κ3) is 5.68. The Morgan fingerprint density at radius 1 is 1.17 bits per heavy atom. The van der Waals surface area contributed by atoms with E-state index in [2.05, 4.69) is 11.6 Å². The molecule has 1 amide bonds. The Labute approximate surface area is 184 Å². The molecule has 3 rings (SSSR count). The Hall–Kier alpha value is -2.64. The van der Waals surface area contributed by atoms with Crippen LogP contribution in [0.5, 0.6) is 5.75 Å². The van der Waals surface area contributed by atoms with Crippen LogP contribution in [0.4, 0.5) is 0 Å². The lowest BCUT2D eigenvalue weighted by atomic mass is 10.1. The topological polar surface area (TPSA) is 59.0 Å². The van der Waals surface area contributed by atoms with E-state index in [-0.39, 0.29) is 34.4 Å². The van der Waals surface area contributed by atoms with Gasteiger partial charge in [-0.25, -0.2) is 4.99 Å². The summed E-state index contributed by atoms with van der Waals surface area (Å²) >= 11 is 1.25. The fourth-order valence-electron chi connectivity index (χ4n) is 2.63. The van der Waals surface area contributed by atoms with Crippen LogP contribution >= 0.6 is 11.8 Å². The fourth-order valence-corrected chi connectivity index (χ4v) is 3.53. The third-order valence-corrected chi connectivity index (χ3v) is 5.05. The maximum absolute atomic E-state index is 12.7. The molecule has 0 spiro atoms. The van der Waals surface area contributed by atoms with Crippen molar-refractivity contribution in [2.45, 2.75) is 0 Å². The fraction of sp³-hybridized carbons (Fsp3) is 0.136. The van der Waals surface area contributed by atoms with Crippen molar-refractivity contribution in [1.82, 2.24) is 4.90 Å². The van der Waals surface area contributed by atoms with E-state index < -0.39 is 0 Å². The Morgan fingerprint density at radius 2 is 1.86 bits per heavy atom. The molecule has 1 heterocycles. The first kappa shape index (κ1) is 22.6. The SMILES string of the molecule is C=CCN1C(=O)/C(=C/c2ccccc2)N=C1SCC(=O)c1ccc(OC)cc1.[Br-]. The van der Waals surface area contributed by atoms with Crippen molar-refractivity contribution in [3.8, 4) is 5.75 Å². The molecule has 1 aliphatic heterocycles. The minimum absolute atomic E-state index is 0. The van der Waals surface area contributed by atoms with Gasteiger partial charge in [-0.1, -0.05) is 48.2 Å². The van der Waals surface area contributed by atoms with Crippen molar-refractivity contribution < 1.29 is 31.3 Å². The average Bonchev–Trinajstić information content (AvgIpc) is 3.02. The molecule has 0 aromatic heterocycles. The van der Waals surface area contributed by atoms with Crippen molar-refractivity contribution in [3.63, 3.8) is 0 Å². The van der Waals surface area contributed by atoms with Crippen LogP contribution in [-0.4, -0.2) is 41.2 Å². The van der Waals surface area contributed by atoms with Crippen molar-refractivity contribution >= 4 is 34.7 Å². The van der Waals surface area contributed by atoms with E-state index in [1.165, 1.54) is 16.7 Å². The van der Waals surface area contributed by atoms with E-state index in [4.69, 9.17) is 4.74 Å². The van der Waals surface area contributed by atoms with Gasteiger partial charge in [0.05, 0.1) is 12.9 Å². The van der Waals surface area contributed by atoms with Crippen LogP contribution < -0.4 is 21.7 Å². The normalized spacial score (nSPS) is 14.4. The Balaban J connectivity index is 0.00000300. The van der Waals surface area contributed by atoms with Crippen LogP contribution in [0.15, 0.2) is 77.9 Å². The van der Waals surface area contributed by atoms with Gasteiger partial charge in [0.15, 0.2) is 11.0 Å². The number of benzene rings is 2. The second kappa shape index (κ2) is 10.8. The standard InChI is InChI=1S/C22H20N2O3S.BrH/c1-3-13-24-21(26)19(14-16-7-5-4-6-8-16)23-22(24)28-15-20(25)17-9-11-18(27-2)12-10-17;/h3-12,14H,1,13,15H2,2H3;1H/p-1/b19-14-;. The number of nitrogens with zero attached hydrogens (tertiary/aromatic N) is 2. The Bertz CT molecular complexity index is 940. The number of rotatable bonds is 7. The highest BCUT2D eigenvalue weighted by Crippen LogP contribution is 2.25. The molecule has 0 bridgehead atoms. The molecule has 7 heteroatoms. The molecular weight excluding hydrogens is 452 g/mol. The first-order chi connectivity index (χ1) is 13.6. The summed E-state index contributed by atoms with van der Waals surface area (Å²) in [7, 11) is 1.58. The molecule has 29 heavy (non-hydrogen) atoms. The summed E-state index contributed by atoms with van der Waals surface area (Å²) in [5.41, 5.74) is 1.84. The number of carbonyl (C=O) groups excluding carboxylic acids is 2. The molecule has 0 unspecified atom stereocenters. The first-order valence-corrected chi connectivity index (χ1v) is 9.69. The van der Waals surface area contributed by atoms with Gasteiger partial charge in [0.2, 0.25) is 0 Å². The average molecular weight is 472 g/mol. The highest BCUT2D eigenvalue weighted by Gasteiger charge is 2.30. The number of ketones is 1. The molecule has 0 atom stereocenters. The van der Waals surface area contributed by atoms with Gasteiger partial charge in [-0.05, 0) is 35.9 Å². The summed E-state index contributed by atoms with van der Waals surface area (Å²) in [5, 5.41) is 0.508. The number of Topliss-reactive ketones (excluding diaryl/α,β-unsaturated/α-hetero) is 1. The summed E-state index contributed by atoms with van der Waals surface area (Å²) in [6, 6.07) is 16.5. The van der Waals surface area contributed by atoms with Crippen molar-refractivity contribution in [2.24, 2.45) is 4.99 Å². The lowest BCUT2D eigenvalue weighted by Gasteiger charge is -2.15. The van der Waals surface area contributed by atoms with E-state index in [1.807, 2.05) is 30.3 Å². The summed E-state index contributed by atoms with van der Waals surface area (Å²) < 4.78 is 5.11. The van der Waals surface area contributed by atoms with Gasteiger partial charge in [0, 0.05) is 12.1 Å². The van der Waals surface area contributed by atoms with Crippen molar-refractivity contribution in [2.75, 3.05) is 19.4 Å². The highest BCUT2D eigenvalue weighted by molar-refractivity contribution is 8.14. The van der Waals surface area contributed by atoms with Crippen LogP contribution in [0.25, 0.3) is 6.08 Å². The lowest BCUT2D eigenvalue weighted by Crippen LogP contribution is -3.00. The molecule has 0 radical (unpaired) electrons. The van der Waals surface area contributed by atoms with Crippen LogP contribution in [0.3, 0.4) is 0 Å². The monoisotopic (exact) mass is 471 g/mol. The van der Waals surface area contributed by atoms with Gasteiger partial charge in [0.25, 0.3) is 5.91 Å². The molecule has 0 aliphatic carbocycles. The number of ether oxygens (including phenoxy) is 1. The van der Waals surface area contributed by atoms with E-state index in [1.54, 1.807) is 43.5 Å². The second-order valence-corrected chi connectivity index (χ2v) is 6.92. The number of hydrogen-bond donors (Lipinski definition) is 0. The molecule has 2 aromatic carbocycles. The predicted molar refractivity (Wildman–Crippen MR) is 114 cm³/mol. The maximum Gasteiger partial charge on any atom is 0.278 e. The van der Waals surface area contributed by atoms with Crippen LogP contribution in [0.2, 0.25) is 0 Å². The van der Waals surface area contributed by atoms with Gasteiger partial charge in [0.1, 0.15) is 11.4 Å². The zero-order valence-corrected chi connectivity index (χ0v) is 18.3. The number of hydrogen-bond acceptors (Lipinski definition) is 5. The third-order valence-electron chi connectivity index (χ3n) is 4.07. The maximum atomic E-state index is 12.7. The zero-order valence-electron chi connectivity index (χ0n) is 15.9. The predicted octanol–water partition coefficient (Wildman–Crippen LogP) is 1.04. The van der Waals surface area contributed by atoms with Gasteiger partial charge in [-0.3, -0.25) is 14.5 Å². The minimum atomic E-state index is -0.192. The zero-order chi connectivity index (χ0) is 19.9. The van der Waals surface area contributed by atoms with Gasteiger partial charge in [-0.15, -0.1) is 6.58 Å². The number of methoxy groups -OCH3 is 1. The van der Waals surface area contributed by atoms with E-state index in [0.29, 0.717) is 28.7 Å². The minimum Gasteiger partial charge on any atom is -1.00 e. The lowest BCUT2D eigenvalue weighted by molar-refractivity contribution is -0.122. The largest absolute Gasteiger partial charge is 1.00 e. The quantitative estimate of drug-likeness (QED) is 0.344. The van der Waals surface area contributed by atoms with Crippen molar-refractivity contribution in [1.29, 1.82) is 0 Å². The van der Waals surface area contributed by atoms with Crippen LogP contribution in [0.1, 0.15) is 15.9 Å². The smallest absolute Gasteiger partial charge is 0.278 e. The first-order valence-electron chi connectivity index (χ1n) is 8.70. The Kier molecular flexibility index (Phi) is 8.42. The van der Waals surface area contributed by atoms with Gasteiger partial charge < -0.3 is 21.7 Å². The second-order valence-electron chi connectivity index (χ2n) is 5.98. The molecule has 1 aliphatic rings. The summed E-state index contributed by atoms with van der Waals surface area (Å²) in [4.78, 5) is 31.1. The molecule has 0 N–H and O–H groups in total. The van der Waals surface area contributed by atoms with Crippen LogP contribution in [0, 0.1) is 0 Å². The molecule has 2 aromatic rings. The molecule has 150 valence electrons. The summed E-state index contributed by atoms with van der Waals surface area (Å²) in [6.45, 7) is 4.05. The van der Waals surface area contributed by atoms with Gasteiger partial charge >= 0.3 is 0 Å². The number of halogens is 1. The van der Waals surface area contributed by atoms with E-state index >= 15 is 0 Å². The number of aliphatic imine (C=N–C) groups is 1. The summed E-state index contributed by atoms with van der Waals surface area (Å²) in [5.74, 6) is 0.651. The number of thioether (sulfide) groups is 1. The number of amidine groups is 1. The molecule has 5 nitrogen and oxygen atoms in total. The molecule has 0 fully saturated rings. The molecule has 0 saturated heterocycles. The van der Waals surface area contributed by atoms with Gasteiger partial charge in [-0.2, -0.15) is 0 Å². The van der Waals surface area contributed by atoms with Crippen LogP contribution in [-0.2, 0) is 4.79 Å². The van der Waals surface area contributed by atoms with E-state index in [0.717, 1.165) is 5.56 Å². The number of amides is 1. The number of carbonyl (C=O) groups is 2. The van der Waals surface area contributed by atoms with Crippen molar-refractivity contribution in [3.05, 3.63) is 84.1 Å². The Morgan fingerprint density at radius 3 is 2.48 bits per heavy atom. The molecular formula is C22H20BrN2O3S-. The highest BCUT2D eigenvalue weighted by atomic mass is 79.9. The molecule has 0 saturated carbocycles. The summed E-state index contributed by atoms with van der Waals surface area (Å²) in [6.07, 6.45) is 3.39.